The molecule has 0 amide bonds. The fraction of sp³-hybridized carbons (Fsp3) is 0.200. The summed E-state index contributed by atoms with van der Waals surface area (Å²) in [5, 5.41) is 5.27. The molecule has 0 saturated carbocycles. The topological polar surface area (TPSA) is 72.5 Å². The van der Waals surface area contributed by atoms with Crippen molar-refractivity contribution in [3.8, 4) is 16.9 Å². The summed E-state index contributed by atoms with van der Waals surface area (Å²) < 4.78 is 5.20. The first-order valence-corrected chi connectivity index (χ1v) is 9.28. The average molecular weight is 366 g/mol. The molecular formula is C20H22N4OS. The number of nitrogens with two attached hydrogens (primary N) is 1. The van der Waals surface area contributed by atoms with Crippen LogP contribution in [0.4, 0.5) is 0 Å². The lowest BCUT2D eigenvalue weighted by Crippen LogP contribution is -2.33. The number of methoxy groups -OCH3 is 1. The van der Waals surface area contributed by atoms with E-state index in [2.05, 4.69) is 38.9 Å². The Labute approximate surface area is 157 Å². The van der Waals surface area contributed by atoms with E-state index in [4.69, 9.17) is 10.5 Å². The first-order chi connectivity index (χ1) is 12.7. The molecule has 5 nitrogen and oxygen atoms in total. The molecule has 0 aliphatic rings. The molecule has 0 fully saturated rings. The average Bonchev–Trinajstić information content (AvgIpc) is 3.16. The minimum absolute atomic E-state index is 0.459. The lowest BCUT2D eigenvalue weighted by molar-refractivity contribution is 0.415. The van der Waals surface area contributed by atoms with Crippen molar-refractivity contribution in [3.05, 3.63) is 70.7 Å². The van der Waals surface area contributed by atoms with Gasteiger partial charge >= 0.3 is 0 Å². The van der Waals surface area contributed by atoms with E-state index >= 15 is 0 Å². The summed E-state index contributed by atoms with van der Waals surface area (Å²) in [5.74, 6) is 1.32. The molecular weight excluding hydrogens is 344 g/mol. The monoisotopic (exact) mass is 366 g/mol. The number of pyridine rings is 1. The SMILES string of the molecule is COc1ccc(-c2csc(CN=C(N)NCCc3ccccn3)c2)cc1. The van der Waals surface area contributed by atoms with Crippen molar-refractivity contribution in [1.29, 1.82) is 0 Å². The van der Waals surface area contributed by atoms with Gasteiger partial charge in [0.25, 0.3) is 0 Å². The van der Waals surface area contributed by atoms with E-state index in [1.807, 2.05) is 30.3 Å². The molecule has 0 saturated heterocycles. The maximum absolute atomic E-state index is 5.94. The maximum Gasteiger partial charge on any atom is 0.188 e. The molecule has 0 unspecified atom stereocenters. The van der Waals surface area contributed by atoms with Gasteiger partial charge in [0.05, 0.1) is 13.7 Å². The number of benzene rings is 1. The van der Waals surface area contributed by atoms with Crippen molar-refractivity contribution in [2.45, 2.75) is 13.0 Å². The first-order valence-electron chi connectivity index (χ1n) is 8.40. The highest BCUT2D eigenvalue weighted by Crippen LogP contribution is 2.27. The molecule has 134 valence electrons. The normalized spacial score (nSPS) is 11.3. The zero-order valence-corrected chi connectivity index (χ0v) is 15.5. The minimum atomic E-state index is 0.459. The van der Waals surface area contributed by atoms with E-state index in [-0.39, 0.29) is 0 Å². The van der Waals surface area contributed by atoms with Crippen LogP contribution in [0.2, 0.25) is 0 Å². The number of thiophene rings is 1. The molecule has 0 radical (unpaired) electrons. The highest BCUT2D eigenvalue weighted by atomic mass is 32.1. The Morgan fingerprint density at radius 2 is 2.04 bits per heavy atom. The third-order valence-corrected chi connectivity index (χ3v) is 4.82. The number of nitrogens with one attached hydrogen (secondary N) is 1. The Balaban J connectivity index is 1.50. The van der Waals surface area contributed by atoms with E-state index < -0.39 is 0 Å². The zero-order valence-electron chi connectivity index (χ0n) is 14.7. The summed E-state index contributed by atoms with van der Waals surface area (Å²) in [6.07, 6.45) is 2.61. The van der Waals surface area contributed by atoms with E-state index in [1.54, 1.807) is 24.6 Å². The Kier molecular flexibility index (Phi) is 6.22. The van der Waals surface area contributed by atoms with Gasteiger partial charge in [-0.15, -0.1) is 11.3 Å². The van der Waals surface area contributed by atoms with Gasteiger partial charge in [-0.25, -0.2) is 4.99 Å². The van der Waals surface area contributed by atoms with Crippen LogP contribution in [0.1, 0.15) is 10.6 Å². The second-order valence-electron chi connectivity index (χ2n) is 5.73. The molecule has 3 N–H and O–H groups in total. The summed E-state index contributed by atoms with van der Waals surface area (Å²) in [7, 11) is 1.67. The van der Waals surface area contributed by atoms with E-state index in [0.717, 1.165) is 17.9 Å². The van der Waals surface area contributed by atoms with Crippen LogP contribution in [-0.4, -0.2) is 24.6 Å². The third kappa shape index (κ3) is 5.07. The van der Waals surface area contributed by atoms with Crippen LogP contribution in [0.25, 0.3) is 11.1 Å². The summed E-state index contributed by atoms with van der Waals surface area (Å²) in [6, 6.07) is 16.1. The highest BCUT2D eigenvalue weighted by Gasteiger charge is 2.03. The highest BCUT2D eigenvalue weighted by molar-refractivity contribution is 7.10. The van der Waals surface area contributed by atoms with Gasteiger partial charge in [0.2, 0.25) is 0 Å². The van der Waals surface area contributed by atoms with Crippen LogP contribution in [0, 0.1) is 0 Å². The van der Waals surface area contributed by atoms with Crippen LogP contribution in [0.15, 0.2) is 65.1 Å². The molecule has 2 aromatic heterocycles. The van der Waals surface area contributed by atoms with Crippen LogP contribution in [-0.2, 0) is 13.0 Å². The van der Waals surface area contributed by atoms with Gasteiger partial charge in [0, 0.05) is 29.7 Å². The van der Waals surface area contributed by atoms with Crippen LogP contribution in [0.3, 0.4) is 0 Å². The van der Waals surface area contributed by atoms with Gasteiger partial charge in [-0.3, -0.25) is 4.98 Å². The third-order valence-electron chi connectivity index (χ3n) is 3.90. The number of aliphatic imine (C=N–C) groups is 1. The molecule has 3 aromatic rings. The summed E-state index contributed by atoms with van der Waals surface area (Å²) in [5.41, 5.74) is 9.33. The molecule has 26 heavy (non-hydrogen) atoms. The van der Waals surface area contributed by atoms with E-state index in [1.165, 1.54) is 16.0 Å². The van der Waals surface area contributed by atoms with Gasteiger partial charge in [0.1, 0.15) is 5.75 Å². The number of hydrogen-bond donors (Lipinski definition) is 2. The smallest absolute Gasteiger partial charge is 0.188 e. The van der Waals surface area contributed by atoms with Crippen molar-refractivity contribution >= 4 is 17.3 Å². The molecule has 1 aromatic carbocycles. The quantitative estimate of drug-likeness (QED) is 0.496. The second-order valence-corrected chi connectivity index (χ2v) is 6.73. The Morgan fingerprint density at radius 3 is 2.77 bits per heavy atom. The number of ether oxygens (including phenoxy) is 1. The predicted molar refractivity (Wildman–Crippen MR) is 108 cm³/mol. The van der Waals surface area contributed by atoms with E-state index in [9.17, 15) is 0 Å². The molecule has 3 rings (SSSR count). The van der Waals surface area contributed by atoms with Crippen molar-refractivity contribution < 1.29 is 4.74 Å². The molecule has 0 bridgehead atoms. The number of hydrogen-bond acceptors (Lipinski definition) is 4. The Morgan fingerprint density at radius 1 is 1.19 bits per heavy atom. The molecule has 2 heterocycles. The van der Waals surface area contributed by atoms with E-state index in [0.29, 0.717) is 19.0 Å². The van der Waals surface area contributed by atoms with Gasteiger partial charge in [0.15, 0.2) is 5.96 Å². The van der Waals surface area contributed by atoms with Crippen molar-refractivity contribution in [2.75, 3.05) is 13.7 Å². The Bertz CT molecular complexity index is 844. The number of nitrogens with zero attached hydrogens (tertiary/aromatic N) is 2. The molecule has 0 aliphatic heterocycles. The van der Waals surface area contributed by atoms with Gasteiger partial charge in [-0.2, -0.15) is 0 Å². The number of rotatable bonds is 7. The Hall–Kier alpha value is -2.86. The van der Waals surface area contributed by atoms with Gasteiger partial charge < -0.3 is 15.8 Å². The predicted octanol–water partition coefficient (Wildman–Crippen LogP) is 3.47. The molecule has 6 heteroatoms. The largest absolute Gasteiger partial charge is 0.497 e. The lowest BCUT2D eigenvalue weighted by Gasteiger charge is -2.04. The van der Waals surface area contributed by atoms with Crippen LogP contribution in [0.5, 0.6) is 5.75 Å². The molecule has 0 atom stereocenters. The van der Waals surface area contributed by atoms with Crippen molar-refractivity contribution in [2.24, 2.45) is 10.7 Å². The fourth-order valence-electron chi connectivity index (χ4n) is 2.48. The maximum atomic E-state index is 5.94. The summed E-state index contributed by atoms with van der Waals surface area (Å²) in [4.78, 5) is 9.87. The summed E-state index contributed by atoms with van der Waals surface area (Å²) in [6.45, 7) is 1.29. The first kappa shape index (κ1) is 17.9. The van der Waals surface area contributed by atoms with Gasteiger partial charge in [-0.1, -0.05) is 18.2 Å². The second kappa shape index (κ2) is 9.01. The van der Waals surface area contributed by atoms with Crippen LogP contribution < -0.4 is 15.8 Å². The zero-order chi connectivity index (χ0) is 18.2. The minimum Gasteiger partial charge on any atom is -0.497 e. The van der Waals surface area contributed by atoms with Crippen molar-refractivity contribution in [3.63, 3.8) is 0 Å². The number of guanidine groups is 1. The van der Waals surface area contributed by atoms with Gasteiger partial charge in [-0.05, 0) is 46.8 Å². The van der Waals surface area contributed by atoms with Crippen LogP contribution >= 0.6 is 11.3 Å². The fourth-order valence-corrected chi connectivity index (χ4v) is 3.30. The summed E-state index contributed by atoms with van der Waals surface area (Å²) >= 11 is 1.69. The standard InChI is InChI=1S/C20H22N4OS/c1-25-18-7-5-15(6-8-18)16-12-19(26-14-16)13-24-20(21)23-11-9-17-4-2-3-10-22-17/h2-8,10,12,14H,9,11,13H2,1H3,(H3,21,23,24). The molecule has 0 spiro atoms. The molecule has 0 aliphatic carbocycles. The number of aromatic nitrogens is 1. The lowest BCUT2D eigenvalue weighted by atomic mass is 10.1. The van der Waals surface area contributed by atoms with Crippen molar-refractivity contribution in [1.82, 2.24) is 10.3 Å².